The van der Waals surface area contributed by atoms with Crippen LogP contribution >= 0.6 is 0 Å². The zero-order chi connectivity index (χ0) is 15.9. The van der Waals surface area contributed by atoms with E-state index in [0.717, 1.165) is 17.4 Å². The molecule has 1 rings (SSSR count). The summed E-state index contributed by atoms with van der Waals surface area (Å²) in [5, 5.41) is 0. The summed E-state index contributed by atoms with van der Waals surface area (Å²) in [7, 11) is 1.59. The van der Waals surface area contributed by atoms with E-state index in [-0.39, 0.29) is 13.2 Å². The lowest BCUT2D eigenvalue weighted by Crippen LogP contribution is -2.32. The van der Waals surface area contributed by atoms with Crippen LogP contribution in [0.4, 0.5) is 0 Å². The third kappa shape index (κ3) is 5.30. The number of ether oxygens (including phenoxy) is 3. The van der Waals surface area contributed by atoms with Crippen molar-refractivity contribution in [2.24, 2.45) is 5.41 Å². The minimum atomic E-state index is -0.912. The molecule has 114 valence electrons. The molecule has 0 amide bonds. The van der Waals surface area contributed by atoms with Crippen molar-refractivity contribution < 1.29 is 23.8 Å². The minimum absolute atomic E-state index is 0.0563. The van der Waals surface area contributed by atoms with E-state index in [1.54, 1.807) is 33.1 Å². The predicted molar refractivity (Wildman–Crippen MR) is 77.7 cm³/mol. The van der Waals surface area contributed by atoms with Crippen molar-refractivity contribution in [2.75, 3.05) is 13.7 Å². The number of hydrogen-bond acceptors (Lipinski definition) is 5. The predicted octanol–water partition coefficient (Wildman–Crippen LogP) is 2.49. The van der Waals surface area contributed by atoms with Gasteiger partial charge in [-0.2, -0.15) is 0 Å². The van der Waals surface area contributed by atoms with Gasteiger partial charge in [0, 0.05) is 6.08 Å². The maximum atomic E-state index is 12.0. The summed E-state index contributed by atoms with van der Waals surface area (Å²) in [6.45, 7) is 6.70. The second kappa shape index (κ2) is 7.47. The molecule has 21 heavy (non-hydrogen) atoms. The lowest BCUT2D eigenvalue weighted by molar-refractivity contribution is -0.161. The first-order valence-electron chi connectivity index (χ1n) is 6.48. The van der Waals surface area contributed by atoms with Crippen LogP contribution in [0, 0.1) is 5.41 Å². The Bertz CT molecular complexity index is 502. The number of methoxy groups -OCH3 is 1. The molecule has 0 fully saturated rings. The Balaban J connectivity index is 2.50. The molecule has 0 aliphatic rings. The Morgan fingerprint density at radius 1 is 1.19 bits per heavy atom. The molecule has 0 saturated carbocycles. The Morgan fingerprint density at radius 2 is 1.81 bits per heavy atom. The van der Waals surface area contributed by atoms with Gasteiger partial charge < -0.3 is 14.2 Å². The van der Waals surface area contributed by atoms with Crippen molar-refractivity contribution in [3.8, 4) is 5.75 Å². The van der Waals surface area contributed by atoms with Gasteiger partial charge in [-0.25, -0.2) is 4.79 Å². The van der Waals surface area contributed by atoms with Gasteiger partial charge in [0.1, 0.15) is 19.0 Å². The quantitative estimate of drug-likeness (QED) is 0.571. The molecule has 0 aromatic heterocycles. The van der Waals surface area contributed by atoms with Crippen LogP contribution in [0.2, 0.25) is 0 Å². The molecule has 0 atom stereocenters. The number of carbonyl (C=O) groups is 2. The fourth-order valence-electron chi connectivity index (χ4n) is 1.44. The van der Waals surface area contributed by atoms with E-state index in [1.165, 1.54) is 0 Å². The number of carbonyl (C=O) groups excluding carboxylic acids is 2. The zero-order valence-electron chi connectivity index (χ0n) is 12.5. The van der Waals surface area contributed by atoms with Crippen LogP contribution < -0.4 is 4.74 Å². The van der Waals surface area contributed by atoms with Gasteiger partial charge in [0.15, 0.2) is 0 Å². The summed E-state index contributed by atoms with van der Waals surface area (Å²) >= 11 is 0. The lowest BCUT2D eigenvalue weighted by atomic mass is 9.95. The van der Waals surface area contributed by atoms with Gasteiger partial charge in [-0.05, 0) is 31.5 Å². The molecule has 0 radical (unpaired) electrons. The highest BCUT2D eigenvalue weighted by molar-refractivity contribution is 5.82. The van der Waals surface area contributed by atoms with E-state index < -0.39 is 17.4 Å². The minimum Gasteiger partial charge on any atom is -0.497 e. The topological polar surface area (TPSA) is 61.8 Å². The van der Waals surface area contributed by atoms with Crippen LogP contribution in [0.5, 0.6) is 5.75 Å². The zero-order valence-corrected chi connectivity index (χ0v) is 12.5. The average Bonchev–Trinajstić information content (AvgIpc) is 2.50. The Labute approximate surface area is 124 Å². The van der Waals surface area contributed by atoms with Crippen LogP contribution in [-0.2, 0) is 25.7 Å². The van der Waals surface area contributed by atoms with Crippen molar-refractivity contribution in [1.29, 1.82) is 0 Å². The summed E-state index contributed by atoms with van der Waals surface area (Å²) < 4.78 is 15.2. The number of rotatable bonds is 7. The third-order valence-corrected chi connectivity index (χ3v) is 2.82. The Kier molecular flexibility index (Phi) is 5.96. The Hall–Kier alpha value is -2.30. The maximum Gasteiger partial charge on any atom is 0.330 e. The third-order valence-electron chi connectivity index (χ3n) is 2.82. The SMILES string of the molecule is C=CC(=O)OCC(C)(C)C(=O)OCc1ccc(OC)cc1. The molecule has 0 aliphatic carbocycles. The molecule has 5 heteroatoms. The molecule has 0 aliphatic heterocycles. The highest BCUT2D eigenvalue weighted by Gasteiger charge is 2.31. The van der Waals surface area contributed by atoms with Gasteiger partial charge >= 0.3 is 11.9 Å². The summed E-state index contributed by atoms with van der Waals surface area (Å²) in [4.78, 5) is 23.0. The average molecular weight is 292 g/mol. The van der Waals surface area contributed by atoms with Crippen LogP contribution in [0.1, 0.15) is 19.4 Å². The molecule has 0 unspecified atom stereocenters. The first-order chi connectivity index (χ1) is 9.89. The fraction of sp³-hybridized carbons (Fsp3) is 0.375. The van der Waals surface area contributed by atoms with E-state index in [2.05, 4.69) is 6.58 Å². The summed E-state index contributed by atoms with van der Waals surface area (Å²) in [6, 6.07) is 7.22. The van der Waals surface area contributed by atoms with Crippen LogP contribution in [0.25, 0.3) is 0 Å². The second-order valence-corrected chi connectivity index (χ2v) is 5.12. The fourth-order valence-corrected chi connectivity index (χ4v) is 1.44. The van der Waals surface area contributed by atoms with E-state index in [1.807, 2.05) is 12.1 Å². The van der Waals surface area contributed by atoms with E-state index >= 15 is 0 Å². The van der Waals surface area contributed by atoms with Crippen LogP contribution in [0.15, 0.2) is 36.9 Å². The van der Waals surface area contributed by atoms with Crippen molar-refractivity contribution in [2.45, 2.75) is 20.5 Å². The molecule has 0 saturated heterocycles. The molecule has 1 aromatic carbocycles. The monoisotopic (exact) mass is 292 g/mol. The van der Waals surface area contributed by atoms with E-state index in [9.17, 15) is 9.59 Å². The maximum absolute atomic E-state index is 12.0. The molecular formula is C16H20O5. The Morgan fingerprint density at radius 3 is 2.33 bits per heavy atom. The lowest BCUT2D eigenvalue weighted by Gasteiger charge is -2.21. The molecule has 5 nitrogen and oxygen atoms in total. The molecule has 0 heterocycles. The first kappa shape index (κ1) is 16.8. The summed E-state index contributed by atoms with van der Waals surface area (Å²) in [6.07, 6.45) is 1.05. The van der Waals surface area contributed by atoms with Crippen LogP contribution in [0.3, 0.4) is 0 Å². The van der Waals surface area contributed by atoms with Gasteiger partial charge in [-0.3, -0.25) is 4.79 Å². The molecule has 0 bridgehead atoms. The largest absolute Gasteiger partial charge is 0.497 e. The second-order valence-electron chi connectivity index (χ2n) is 5.12. The van der Waals surface area contributed by atoms with Gasteiger partial charge in [-0.1, -0.05) is 18.7 Å². The summed E-state index contributed by atoms with van der Waals surface area (Å²) in [5.41, 5.74) is -0.0615. The number of esters is 2. The van der Waals surface area contributed by atoms with Gasteiger partial charge in [0.2, 0.25) is 0 Å². The van der Waals surface area contributed by atoms with Crippen LogP contribution in [-0.4, -0.2) is 25.7 Å². The molecular weight excluding hydrogens is 272 g/mol. The smallest absolute Gasteiger partial charge is 0.330 e. The first-order valence-corrected chi connectivity index (χ1v) is 6.48. The number of hydrogen-bond donors (Lipinski definition) is 0. The van der Waals surface area contributed by atoms with E-state index in [0.29, 0.717) is 0 Å². The van der Waals surface area contributed by atoms with E-state index in [4.69, 9.17) is 14.2 Å². The van der Waals surface area contributed by atoms with Crippen molar-refractivity contribution in [3.05, 3.63) is 42.5 Å². The number of benzene rings is 1. The van der Waals surface area contributed by atoms with Gasteiger partial charge in [0.25, 0.3) is 0 Å². The van der Waals surface area contributed by atoms with Crippen molar-refractivity contribution >= 4 is 11.9 Å². The molecule has 1 aromatic rings. The molecule has 0 spiro atoms. The van der Waals surface area contributed by atoms with Crippen molar-refractivity contribution in [3.63, 3.8) is 0 Å². The standard InChI is InChI=1S/C16H20O5/c1-5-14(17)21-11-16(2,3)15(18)20-10-12-6-8-13(19-4)9-7-12/h5-9H,1,10-11H2,2-4H3. The summed E-state index contributed by atoms with van der Waals surface area (Å²) in [5.74, 6) is -0.261. The van der Waals surface area contributed by atoms with Gasteiger partial charge in [0.05, 0.1) is 12.5 Å². The highest BCUT2D eigenvalue weighted by Crippen LogP contribution is 2.19. The normalized spacial score (nSPS) is 10.6. The van der Waals surface area contributed by atoms with Crippen molar-refractivity contribution in [1.82, 2.24) is 0 Å². The molecule has 0 N–H and O–H groups in total. The van der Waals surface area contributed by atoms with Gasteiger partial charge in [-0.15, -0.1) is 0 Å². The highest BCUT2D eigenvalue weighted by atomic mass is 16.6.